The van der Waals surface area contributed by atoms with Gasteiger partial charge in [0.15, 0.2) is 0 Å². The number of para-hydroxylation sites is 1. The largest absolute Gasteiger partial charge is 0.507 e. The molecule has 1 fully saturated rings. The number of sulfonamides is 1. The van der Waals surface area contributed by atoms with Crippen LogP contribution < -0.4 is 4.72 Å². The molecule has 1 heterocycles. The van der Waals surface area contributed by atoms with E-state index in [1.807, 2.05) is 13.0 Å². The minimum Gasteiger partial charge on any atom is -0.507 e. The summed E-state index contributed by atoms with van der Waals surface area (Å²) in [6.07, 6.45) is 0. The van der Waals surface area contributed by atoms with Gasteiger partial charge in [0.1, 0.15) is 5.75 Å². The molecule has 2 N–H and O–H groups in total. The Morgan fingerprint density at radius 3 is 2.15 bits per heavy atom. The van der Waals surface area contributed by atoms with E-state index in [4.69, 9.17) is 0 Å². The molecule has 34 heavy (non-hydrogen) atoms. The van der Waals surface area contributed by atoms with Gasteiger partial charge in [0.25, 0.3) is 21.8 Å². The molecule has 0 saturated carbocycles. The van der Waals surface area contributed by atoms with Gasteiger partial charge in [-0.05, 0) is 55.0 Å². The Hall–Kier alpha value is -3.85. The van der Waals surface area contributed by atoms with Crippen LogP contribution in [0.4, 0.5) is 5.69 Å². The zero-order valence-electron chi connectivity index (χ0n) is 18.6. The fraction of sp³-hybridized carbons (Fsp3) is 0.200. The van der Waals surface area contributed by atoms with Crippen molar-refractivity contribution in [1.29, 1.82) is 0 Å². The summed E-state index contributed by atoms with van der Waals surface area (Å²) in [4.78, 5) is 28.9. The zero-order chi connectivity index (χ0) is 24.3. The third-order valence-corrected chi connectivity index (χ3v) is 7.03. The van der Waals surface area contributed by atoms with E-state index >= 15 is 0 Å². The molecule has 0 aromatic heterocycles. The molecule has 0 radical (unpaired) electrons. The average Bonchev–Trinajstić information content (AvgIpc) is 2.83. The van der Waals surface area contributed by atoms with E-state index in [9.17, 15) is 23.1 Å². The predicted octanol–water partition coefficient (Wildman–Crippen LogP) is 3.10. The summed E-state index contributed by atoms with van der Waals surface area (Å²) >= 11 is 0. The maximum absolute atomic E-state index is 13.0. The Bertz CT molecular complexity index is 1330. The lowest BCUT2D eigenvalue weighted by molar-refractivity contribution is 0.0533. The first-order valence-corrected chi connectivity index (χ1v) is 12.3. The second-order valence-corrected chi connectivity index (χ2v) is 9.79. The van der Waals surface area contributed by atoms with Crippen molar-refractivity contribution in [2.75, 3.05) is 30.9 Å². The molecule has 4 rings (SSSR count). The lowest BCUT2D eigenvalue weighted by atomic mass is 10.1. The van der Waals surface area contributed by atoms with Crippen LogP contribution in [-0.4, -0.2) is 61.3 Å². The Kier molecular flexibility index (Phi) is 6.56. The molecule has 0 bridgehead atoms. The van der Waals surface area contributed by atoms with Gasteiger partial charge in [-0.25, -0.2) is 8.42 Å². The van der Waals surface area contributed by atoms with Gasteiger partial charge >= 0.3 is 0 Å². The Morgan fingerprint density at radius 2 is 1.47 bits per heavy atom. The molecule has 0 spiro atoms. The summed E-state index contributed by atoms with van der Waals surface area (Å²) < 4.78 is 28.2. The van der Waals surface area contributed by atoms with Gasteiger partial charge in [-0.15, -0.1) is 0 Å². The van der Waals surface area contributed by atoms with Crippen LogP contribution >= 0.6 is 0 Å². The maximum Gasteiger partial charge on any atom is 0.261 e. The maximum atomic E-state index is 13.0. The SMILES string of the molecule is Cc1cccc(NS(=O)(=O)c2cccc(C(=O)N3CCN(C(=O)c4ccccc4O)CC3)c2)c1. The average molecular weight is 480 g/mol. The van der Waals surface area contributed by atoms with E-state index in [1.54, 1.807) is 52.3 Å². The first-order valence-electron chi connectivity index (χ1n) is 10.8. The summed E-state index contributed by atoms with van der Waals surface area (Å²) in [6, 6.07) is 19.3. The Labute approximate surface area is 198 Å². The number of phenols is 1. The molecule has 0 atom stereocenters. The van der Waals surface area contributed by atoms with E-state index in [-0.39, 0.29) is 33.6 Å². The van der Waals surface area contributed by atoms with Gasteiger partial charge < -0.3 is 14.9 Å². The molecule has 176 valence electrons. The second-order valence-electron chi connectivity index (χ2n) is 8.10. The van der Waals surface area contributed by atoms with Crippen molar-refractivity contribution in [3.63, 3.8) is 0 Å². The monoisotopic (exact) mass is 479 g/mol. The lowest BCUT2D eigenvalue weighted by Crippen LogP contribution is -2.50. The number of aromatic hydroxyl groups is 1. The van der Waals surface area contributed by atoms with Crippen molar-refractivity contribution < 1.29 is 23.1 Å². The van der Waals surface area contributed by atoms with Crippen LogP contribution in [0.25, 0.3) is 0 Å². The molecular weight excluding hydrogens is 454 g/mol. The van der Waals surface area contributed by atoms with Gasteiger partial charge in [-0.2, -0.15) is 0 Å². The highest BCUT2D eigenvalue weighted by atomic mass is 32.2. The number of phenolic OH excluding ortho intramolecular Hbond substituents is 1. The predicted molar refractivity (Wildman–Crippen MR) is 128 cm³/mol. The smallest absolute Gasteiger partial charge is 0.261 e. The van der Waals surface area contributed by atoms with Crippen molar-refractivity contribution in [3.8, 4) is 5.75 Å². The van der Waals surface area contributed by atoms with Crippen LogP contribution in [0.2, 0.25) is 0 Å². The summed E-state index contributed by atoms with van der Waals surface area (Å²) in [7, 11) is -3.87. The van der Waals surface area contributed by atoms with Gasteiger partial charge in [0, 0.05) is 37.4 Å². The summed E-state index contributed by atoms with van der Waals surface area (Å²) in [6.45, 7) is 3.10. The molecule has 0 aliphatic carbocycles. The summed E-state index contributed by atoms with van der Waals surface area (Å²) in [5.41, 5.74) is 1.85. The number of nitrogens with one attached hydrogen (secondary N) is 1. The van der Waals surface area contributed by atoms with E-state index in [2.05, 4.69) is 4.72 Å². The molecule has 0 unspecified atom stereocenters. The number of carbonyl (C=O) groups excluding carboxylic acids is 2. The van der Waals surface area contributed by atoms with Crippen molar-refractivity contribution in [2.45, 2.75) is 11.8 Å². The first-order chi connectivity index (χ1) is 16.2. The molecule has 1 saturated heterocycles. The molecule has 3 aromatic carbocycles. The van der Waals surface area contributed by atoms with Crippen molar-refractivity contribution in [3.05, 3.63) is 89.5 Å². The molecule has 2 amide bonds. The minimum absolute atomic E-state index is 0.00628. The van der Waals surface area contributed by atoms with Crippen molar-refractivity contribution in [2.24, 2.45) is 0 Å². The third-order valence-electron chi connectivity index (χ3n) is 5.65. The van der Waals surface area contributed by atoms with Gasteiger partial charge in [-0.1, -0.05) is 30.3 Å². The molecule has 1 aliphatic heterocycles. The number of hydrogen-bond donors (Lipinski definition) is 2. The number of aryl methyl sites for hydroxylation is 1. The molecule has 3 aromatic rings. The van der Waals surface area contributed by atoms with Crippen LogP contribution in [-0.2, 0) is 10.0 Å². The topological polar surface area (TPSA) is 107 Å². The molecule has 8 nitrogen and oxygen atoms in total. The molecular formula is C25H25N3O5S. The van der Waals surface area contributed by atoms with Crippen LogP contribution in [0.5, 0.6) is 5.75 Å². The second kappa shape index (κ2) is 9.56. The van der Waals surface area contributed by atoms with Crippen LogP contribution in [0.3, 0.4) is 0 Å². The van der Waals surface area contributed by atoms with Gasteiger partial charge in [0.2, 0.25) is 0 Å². The first kappa shape index (κ1) is 23.3. The van der Waals surface area contributed by atoms with Crippen molar-refractivity contribution in [1.82, 2.24) is 9.80 Å². The van der Waals surface area contributed by atoms with Gasteiger partial charge in [-0.3, -0.25) is 14.3 Å². The minimum atomic E-state index is -3.87. The van der Waals surface area contributed by atoms with Crippen molar-refractivity contribution >= 4 is 27.5 Å². The standard InChI is InChI=1S/C25H25N3O5S/c1-18-6-4-8-20(16-18)26-34(32,33)21-9-5-7-19(17-21)24(30)27-12-14-28(15-13-27)25(31)22-10-2-3-11-23(22)29/h2-11,16-17,26,29H,12-15H2,1H3. The highest BCUT2D eigenvalue weighted by Gasteiger charge is 2.27. The number of amides is 2. The number of nitrogens with zero attached hydrogens (tertiary/aromatic N) is 2. The number of carbonyl (C=O) groups is 2. The van der Waals surface area contributed by atoms with E-state index < -0.39 is 10.0 Å². The van der Waals surface area contributed by atoms with E-state index in [0.717, 1.165) is 5.56 Å². The fourth-order valence-electron chi connectivity index (χ4n) is 3.84. The number of anilines is 1. The lowest BCUT2D eigenvalue weighted by Gasteiger charge is -2.35. The summed E-state index contributed by atoms with van der Waals surface area (Å²) in [5.74, 6) is -0.675. The number of piperazine rings is 1. The Morgan fingerprint density at radius 1 is 0.824 bits per heavy atom. The van der Waals surface area contributed by atoms with E-state index in [0.29, 0.717) is 31.9 Å². The summed E-state index contributed by atoms with van der Waals surface area (Å²) in [5, 5.41) is 9.93. The number of hydrogen-bond acceptors (Lipinski definition) is 5. The normalized spacial score (nSPS) is 14.0. The zero-order valence-corrected chi connectivity index (χ0v) is 19.5. The van der Waals surface area contributed by atoms with Crippen LogP contribution in [0.15, 0.2) is 77.7 Å². The third kappa shape index (κ3) is 5.04. The van der Waals surface area contributed by atoms with Crippen LogP contribution in [0, 0.1) is 6.92 Å². The number of rotatable bonds is 5. The quantitative estimate of drug-likeness (QED) is 0.585. The van der Waals surface area contributed by atoms with Crippen LogP contribution in [0.1, 0.15) is 26.3 Å². The molecule has 9 heteroatoms. The Balaban J connectivity index is 1.44. The number of benzene rings is 3. The molecule has 1 aliphatic rings. The fourth-order valence-corrected chi connectivity index (χ4v) is 4.93. The highest BCUT2D eigenvalue weighted by molar-refractivity contribution is 7.92. The highest BCUT2D eigenvalue weighted by Crippen LogP contribution is 2.21. The van der Waals surface area contributed by atoms with Gasteiger partial charge in [0.05, 0.1) is 10.5 Å². The van der Waals surface area contributed by atoms with E-state index in [1.165, 1.54) is 24.3 Å².